The highest BCUT2D eigenvalue weighted by molar-refractivity contribution is 6.03. The molecule has 1 N–H and O–H groups in total. The Morgan fingerprint density at radius 2 is 1.76 bits per heavy atom. The quantitative estimate of drug-likeness (QED) is 0.306. The van der Waals surface area contributed by atoms with E-state index in [1.807, 2.05) is 59.5 Å². The first-order valence-corrected chi connectivity index (χ1v) is 12.5. The molecule has 0 atom stereocenters. The van der Waals surface area contributed by atoms with Gasteiger partial charge in [0.05, 0.1) is 19.7 Å². The van der Waals surface area contributed by atoms with Crippen LogP contribution >= 0.6 is 0 Å². The lowest BCUT2D eigenvalue weighted by atomic mass is 10.0. The van der Waals surface area contributed by atoms with Gasteiger partial charge in [-0.2, -0.15) is 0 Å². The van der Waals surface area contributed by atoms with Gasteiger partial charge in [-0.3, -0.25) is 9.88 Å². The molecule has 0 bridgehead atoms. The zero-order chi connectivity index (χ0) is 25.9. The van der Waals surface area contributed by atoms with Crippen molar-refractivity contribution in [3.8, 4) is 23.0 Å². The van der Waals surface area contributed by atoms with Crippen molar-refractivity contribution < 1.29 is 19.0 Å². The topological polar surface area (TPSA) is 72.9 Å². The van der Waals surface area contributed by atoms with Crippen molar-refractivity contribution in [1.82, 2.24) is 4.98 Å². The molecule has 1 aliphatic rings. The summed E-state index contributed by atoms with van der Waals surface area (Å²) in [7, 11) is 3.21. The standard InChI is InChI=1S/C30H31N3O4/c1-19(2)22-9-5-6-10-24(22)32-30(34)33-15-7-8-20-16-21(11-12-26(20)33)37-27-13-14-31-25-18-29(36-4)28(35-3)17-23(25)27/h5-6,9-14,16-19H,7-8,15H2,1-4H3,(H,32,34). The first kappa shape index (κ1) is 24.4. The van der Waals surface area contributed by atoms with Crippen LogP contribution in [0.1, 0.15) is 37.3 Å². The fraction of sp³-hybridized carbons (Fsp3) is 0.267. The molecule has 1 aliphatic heterocycles. The van der Waals surface area contributed by atoms with Gasteiger partial charge in [0.2, 0.25) is 0 Å². The number of carbonyl (C=O) groups is 1. The molecule has 3 aromatic carbocycles. The van der Waals surface area contributed by atoms with Crippen LogP contribution in [0.2, 0.25) is 0 Å². The highest BCUT2D eigenvalue weighted by Crippen LogP contribution is 2.38. The number of benzene rings is 3. The Labute approximate surface area is 217 Å². The molecule has 7 heteroatoms. The number of nitrogens with one attached hydrogen (secondary N) is 1. The van der Waals surface area contributed by atoms with Gasteiger partial charge in [0.15, 0.2) is 11.5 Å². The van der Waals surface area contributed by atoms with Crippen molar-refractivity contribution in [2.24, 2.45) is 0 Å². The van der Waals surface area contributed by atoms with E-state index in [2.05, 4.69) is 30.2 Å². The molecule has 0 aliphatic carbocycles. The number of carbonyl (C=O) groups excluding carboxylic acids is 1. The van der Waals surface area contributed by atoms with Gasteiger partial charge in [0, 0.05) is 35.6 Å². The third-order valence-corrected chi connectivity index (χ3v) is 6.67. The number of ether oxygens (including phenoxy) is 3. The highest BCUT2D eigenvalue weighted by atomic mass is 16.5. The van der Waals surface area contributed by atoms with E-state index in [9.17, 15) is 4.79 Å². The second-order valence-corrected chi connectivity index (χ2v) is 9.35. The van der Waals surface area contributed by atoms with E-state index in [0.717, 1.165) is 46.2 Å². The van der Waals surface area contributed by atoms with Crippen LogP contribution in [0.3, 0.4) is 0 Å². The molecule has 0 saturated heterocycles. The molecule has 5 rings (SSSR count). The first-order chi connectivity index (χ1) is 18.0. The molecular formula is C30H31N3O4. The number of aromatic nitrogens is 1. The van der Waals surface area contributed by atoms with Gasteiger partial charge in [-0.05, 0) is 66.3 Å². The Bertz CT molecular complexity index is 1450. The van der Waals surface area contributed by atoms with E-state index >= 15 is 0 Å². The molecule has 0 radical (unpaired) electrons. The number of fused-ring (bicyclic) bond motifs is 2. The third-order valence-electron chi connectivity index (χ3n) is 6.67. The fourth-order valence-electron chi connectivity index (χ4n) is 4.81. The molecule has 0 saturated carbocycles. The van der Waals surface area contributed by atoms with Crippen LogP contribution in [0, 0.1) is 0 Å². The number of rotatable bonds is 6. The monoisotopic (exact) mass is 497 g/mol. The molecule has 2 amide bonds. The molecule has 7 nitrogen and oxygen atoms in total. The van der Waals surface area contributed by atoms with Gasteiger partial charge >= 0.3 is 6.03 Å². The Hall–Kier alpha value is -4.26. The number of urea groups is 1. The summed E-state index contributed by atoms with van der Waals surface area (Å²) in [6.07, 6.45) is 3.47. The second-order valence-electron chi connectivity index (χ2n) is 9.35. The molecular weight excluding hydrogens is 466 g/mol. The predicted molar refractivity (Wildman–Crippen MR) is 147 cm³/mol. The summed E-state index contributed by atoms with van der Waals surface area (Å²) >= 11 is 0. The SMILES string of the molecule is COc1cc2nccc(Oc3ccc4c(c3)CCCN4C(=O)Nc3ccccc3C(C)C)c2cc1OC. The largest absolute Gasteiger partial charge is 0.493 e. The Balaban J connectivity index is 1.41. The van der Waals surface area contributed by atoms with Gasteiger partial charge in [0.25, 0.3) is 0 Å². The number of anilines is 2. The summed E-state index contributed by atoms with van der Waals surface area (Å²) in [6.45, 7) is 4.92. The minimum atomic E-state index is -0.121. The van der Waals surface area contributed by atoms with E-state index in [-0.39, 0.29) is 6.03 Å². The molecule has 190 valence electrons. The Morgan fingerprint density at radius 1 is 0.973 bits per heavy atom. The third kappa shape index (κ3) is 4.89. The maximum absolute atomic E-state index is 13.3. The number of aryl methyl sites for hydroxylation is 1. The number of pyridine rings is 1. The van der Waals surface area contributed by atoms with Crippen molar-refractivity contribution >= 4 is 28.3 Å². The number of nitrogens with zero attached hydrogens (tertiary/aromatic N) is 2. The number of para-hydroxylation sites is 1. The van der Waals surface area contributed by atoms with E-state index < -0.39 is 0 Å². The van der Waals surface area contributed by atoms with Crippen molar-refractivity contribution in [2.75, 3.05) is 31.0 Å². The average molecular weight is 498 g/mol. The Kier molecular flexibility index (Phi) is 6.86. The lowest BCUT2D eigenvalue weighted by Gasteiger charge is -2.30. The van der Waals surface area contributed by atoms with Gasteiger partial charge in [-0.25, -0.2) is 4.79 Å². The molecule has 0 unspecified atom stereocenters. The normalized spacial score (nSPS) is 12.8. The number of methoxy groups -OCH3 is 2. The van der Waals surface area contributed by atoms with Crippen LogP contribution in [-0.4, -0.2) is 31.8 Å². The highest BCUT2D eigenvalue weighted by Gasteiger charge is 2.24. The minimum absolute atomic E-state index is 0.121. The lowest BCUT2D eigenvalue weighted by molar-refractivity contribution is 0.256. The van der Waals surface area contributed by atoms with E-state index in [4.69, 9.17) is 14.2 Å². The maximum atomic E-state index is 13.3. The molecule has 2 heterocycles. The van der Waals surface area contributed by atoms with Crippen molar-refractivity contribution in [3.05, 3.63) is 78.0 Å². The predicted octanol–water partition coefficient (Wildman–Crippen LogP) is 7.15. The van der Waals surface area contributed by atoms with Gasteiger partial charge in [-0.1, -0.05) is 32.0 Å². The first-order valence-electron chi connectivity index (χ1n) is 12.5. The lowest BCUT2D eigenvalue weighted by Crippen LogP contribution is -2.38. The number of hydrogen-bond acceptors (Lipinski definition) is 5. The van der Waals surface area contributed by atoms with E-state index in [1.54, 1.807) is 20.4 Å². The molecule has 0 fully saturated rings. The summed E-state index contributed by atoms with van der Waals surface area (Å²) in [4.78, 5) is 19.6. The fourth-order valence-corrected chi connectivity index (χ4v) is 4.81. The van der Waals surface area contributed by atoms with Crippen LogP contribution in [0.25, 0.3) is 10.9 Å². The van der Waals surface area contributed by atoms with E-state index in [1.165, 1.54) is 0 Å². The van der Waals surface area contributed by atoms with Gasteiger partial charge in [-0.15, -0.1) is 0 Å². The summed E-state index contributed by atoms with van der Waals surface area (Å²) in [6, 6.07) is 19.3. The number of hydrogen-bond donors (Lipinski definition) is 1. The number of amides is 2. The van der Waals surface area contributed by atoms with Crippen LogP contribution in [0.5, 0.6) is 23.0 Å². The molecule has 4 aromatic rings. The summed E-state index contributed by atoms with van der Waals surface area (Å²) in [5.74, 6) is 2.91. The summed E-state index contributed by atoms with van der Waals surface area (Å²) in [5, 5.41) is 3.95. The van der Waals surface area contributed by atoms with Crippen molar-refractivity contribution in [1.29, 1.82) is 0 Å². The maximum Gasteiger partial charge on any atom is 0.326 e. The van der Waals surface area contributed by atoms with E-state index in [0.29, 0.717) is 35.5 Å². The smallest absolute Gasteiger partial charge is 0.326 e. The van der Waals surface area contributed by atoms with Crippen LogP contribution in [-0.2, 0) is 6.42 Å². The zero-order valence-electron chi connectivity index (χ0n) is 21.6. The van der Waals surface area contributed by atoms with Crippen molar-refractivity contribution in [2.45, 2.75) is 32.6 Å². The molecule has 0 spiro atoms. The summed E-state index contributed by atoms with van der Waals surface area (Å²) < 4.78 is 17.2. The van der Waals surface area contributed by atoms with Gasteiger partial charge < -0.3 is 19.5 Å². The Morgan fingerprint density at radius 3 is 2.54 bits per heavy atom. The van der Waals surface area contributed by atoms with Crippen LogP contribution in [0.4, 0.5) is 16.2 Å². The molecule has 1 aromatic heterocycles. The minimum Gasteiger partial charge on any atom is -0.493 e. The zero-order valence-corrected chi connectivity index (χ0v) is 21.6. The van der Waals surface area contributed by atoms with Crippen LogP contribution in [0.15, 0.2) is 66.9 Å². The van der Waals surface area contributed by atoms with Crippen molar-refractivity contribution in [3.63, 3.8) is 0 Å². The average Bonchev–Trinajstić information content (AvgIpc) is 2.92. The summed E-state index contributed by atoms with van der Waals surface area (Å²) in [5.41, 5.74) is 4.71. The van der Waals surface area contributed by atoms with Crippen LogP contribution < -0.4 is 24.4 Å². The molecule has 37 heavy (non-hydrogen) atoms. The second kappa shape index (κ2) is 10.4. The van der Waals surface area contributed by atoms with Gasteiger partial charge in [0.1, 0.15) is 11.5 Å².